The van der Waals surface area contributed by atoms with E-state index in [4.69, 9.17) is 4.43 Å². The third kappa shape index (κ3) is 7.52. The molecule has 2 aromatic rings. The number of carbonyl (C=O) groups is 2. The lowest BCUT2D eigenvalue weighted by molar-refractivity contribution is -0.131. The highest BCUT2D eigenvalue weighted by molar-refractivity contribution is 6.74. The molecule has 35 heavy (non-hydrogen) atoms. The van der Waals surface area contributed by atoms with Crippen molar-refractivity contribution in [3.05, 3.63) is 71.8 Å². The van der Waals surface area contributed by atoms with E-state index in [1.807, 2.05) is 83.1 Å². The van der Waals surface area contributed by atoms with Crippen LogP contribution in [0.25, 0.3) is 0 Å². The van der Waals surface area contributed by atoms with Crippen LogP contribution in [0, 0.1) is 0 Å². The first-order valence-electron chi connectivity index (χ1n) is 12.5. The minimum Gasteiger partial charge on any atom is -0.412 e. The van der Waals surface area contributed by atoms with Crippen molar-refractivity contribution in [1.82, 2.24) is 10.2 Å². The first-order valence-corrected chi connectivity index (χ1v) is 15.4. The van der Waals surface area contributed by atoms with Crippen LogP contribution < -0.4 is 5.32 Å². The van der Waals surface area contributed by atoms with Gasteiger partial charge >= 0.3 is 0 Å². The lowest BCUT2D eigenvalue weighted by atomic mass is 9.99. The third-order valence-electron chi connectivity index (χ3n) is 6.75. The van der Waals surface area contributed by atoms with Gasteiger partial charge in [0.25, 0.3) is 5.91 Å². The molecule has 0 radical (unpaired) electrons. The number of hydrogen-bond donors (Lipinski definition) is 1. The summed E-state index contributed by atoms with van der Waals surface area (Å²) >= 11 is 0. The molecule has 0 aromatic heterocycles. The molecule has 0 aliphatic carbocycles. The maximum atomic E-state index is 14.0. The summed E-state index contributed by atoms with van der Waals surface area (Å²) < 4.78 is 6.74. The molecule has 0 unspecified atom stereocenters. The van der Waals surface area contributed by atoms with Crippen molar-refractivity contribution < 1.29 is 14.0 Å². The Bertz CT molecular complexity index is 978. The number of benzene rings is 2. The average molecular weight is 497 g/mol. The number of hydrogen-bond acceptors (Lipinski definition) is 3. The van der Waals surface area contributed by atoms with E-state index >= 15 is 0 Å². The molecule has 3 atom stereocenters. The molecule has 0 bridgehead atoms. The van der Waals surface area contributed by atoms with Gasteiger partial charge in [-0.3, -0.25) is 9.59 Å². The minimum atomic E-state index is -2.23. The van der Waals surface area contributed by atoms with Crippen molar-refractivity contribution in [2.75, 3.05) is 0 Å². The van der Waals surface area contributed by atoms with Crippen LogP contribution in [0.3, 0.4) is 0 Å². The molecule has 0 heterocycles. The van der Waals surface area contributed by atoms with Gasteiger partial charge in [0.2, 0.25) is 5.91 Å². The molecule has 6 heteroatoms. The van der Waals surface area contributed by atoms with Gasteiger partial charge < -0.3 is 14.6 Å². The SMILES string of the molecule is C[C@H](c1ccccc1)N(C(=O)c1ccccc1)[C@H](C(=O)NC(C)(C)C)[C@@H](C)O[Si](C)(C)C(C)(C)C. The molecule has 2 aromatic carbocycles. The fraction of sp³-hybridized carbons (Fsp3) is 0.517. The van der Waals surface area contributed by atoms with E-state index in [0.717, 1.165) is 5.56 Å². The Balaban J connectivity index is 2.65. The molecule has 5 nitrogen and oxygen atoms in total. The lowest BCUT2D eigenvalue weighted by Gasteiger charge is -2.44. The molecule has 1 N–H and O–H groups in total. The second kappa shape index (κ2) is 11.1. The van der Waals surface area contributed by atoms with E-state index in [2.05, 4.69) is 39.2 Å². The summed E-state index contributed by atoms with van der Waals surface area (Å²) in [5, 5.41) is 3.08. The van der Waals surface area contributed by atoms with Gasteiger partial charge in [0.1, 0.15) is 6.04 Å². The van der Waals surface area contributed by atoms with Crippen molar-refractivity contribution in [3.8, 4) is 0 Å². The number of nitrogens with zero attached hydrogens (tertiary/aromatic N) is 1. The predicted octanol–water partition coefficient (Wildman–Crippen LogP) is 6.58. The third-order valence-corrected chi connectivity index (χ3v) is 11.3. The molecule has 0 aliphatic rings. The highest BCUT2D eigenvalue weighted by Crippen LogP contribution is 2.38. The molecule has 2 amide bonds. The zero-order valence-electron chi connectivity index (χ0n) is 23.2. The van der Waals surface area contributed by atoms with Crippen LogP contribution in [-0.4, -0.2) is 42.7 Å². The molecular weight excluding hydrogens is 452 g/mol. The van der Waals surface area contributed by atoms with E-state index in [-0.39, 0.29) is 22.9 Å². The topological polar surface area (TPSA) is 58.6 Å². The van der Waals surface area contributed by atoms with Crippen molar-refractivity contribution in [2.45, 2.75) is 97.2 Å². The lowest BCUT2D eigenvalue weighted by Crippen LogP contribution is -2.60. The predicted molar refractivity (Wildman–Crippen MR) is 147 cm³/mol. The average Bonchev–Trinajstić information content (AvgIpc) is 2.75. The highest BCUT2D eigenvalue weighted by Gasteiger charge is 2.45. The minimum absolute atomic E-state index is 0.0361. The Morgan fingerprint density at radius 2 is 1.34 bits per heavy atom. The fourth-order valence-corrected chi connectivity index (χ4v) is 5.29. The van der Waals surface area contributed by atoms with Gasteiger partial charge in [0, 0.05) is 11.1 Å². The normalized spacial score (nSPS) is 15.1. The Labute approximate surface area is 213 Å². The van der Waals surface area contributed by atoms with E-state index in [1.54, 1.807) is 17.0 Å². The van der Waals surface area contributed by atoms with Gasteiger partial charge in [-0.05, 0) is 70.4 Å². The summed E-state index contributed by atoms with van der Waals surface area (Å²) in [5.41, 5.74) is 1.05. The summed E-state index contributed by atoms with van der Waals surface area (Å²) in [6.07, 6.45) is -0.503. The molecule has 2 rings (SSSR count). The summed E-state index contributed by atoms with van der Waals surface area (Å²) in [5.74, 6) is -0.405. The molecular formula is C29H44N2O3Si. The maximum Gasteiger partial charge on any atom is 0.255 e. The van der Waals surface area contributed by atoms with Crippen LogP contribution in [0.1, 0.15) is 77.4 Å². The van der Waals surface area contributed by atoms with Crippen molar-refractivity contribution >= 4 is 20.1 Å². The zero-order chi connectivity index (χ0) is 26.6. The second-order valence-electron chi connectivity index (χ2n) is 11.9. The van der Waals surface area contributed by atoms with E-state index < -0.39 is 26.0 Å². The summed E-state index contributed by atoms with van der Waals surface area (Å²) in [4.78, 5) is 29.6. The van der Waals surface area contributed by atoms with Crippen LogP contribution in [0.5, 0.6) is 0 Å². The van der Waals surface area contributed by atoms with Crippen LogP contribution in [0.15, 0.2) is 60.7 Å². The molecule has 0 saturated heterocycles. The molecule has 192 valence electrons. The van der Waals surface area contributed by atoms with Crippen molar-refractivity contribution in [1.29, 1.82) is 0 Å². The van der Waals surface area contributed by atoms with Crippen molar-refractivity contribution in [2.24, 2.45) is 0 Å². The number of carbonyl (C=O) groups excluding carboxylic acids is 2. The highest BCUT2D eigenvalue weighted by atomic mass is 28.4. The van der Waals surface area contributed by atoms with E-state index in [1.165, 1.54) is 0 Å². The van der Waals surface area contributed by atoms with Gasteiger partial charge in [0.15, 0.2) is 8.32 Å². The fourth-order valence-electron chi connectivity index (χ4n) is 3.88. The van der Waals surface area contributed by atoms with Gasteiger partial charge in [0.05, 0.1) is 12.1 Å². The van der Waals surface area contributed by atoms with Gasteiger partial charge in [-0.2, -0.15) is 0 Å². The Morgan fingerprint density at radius 1 is 0.857 bits per heavy atom. The van der Waals surface area contributed by atoms with Gasteiger partial charge in [-0.25, -0.2) is 0 Å². The first kappa shape index (κ1) is 28.8. The molecule has 0 aliphatic heterocycles. The van der Waals surface area contributed by atoms with Crippen LogP contribution >= 0.6 is 0 Å². The smallest absolute Gasteiger partial charge is 0.255 e. The largest absolute Gasteiger partial charge is 0.412 e. The molecule has 0 saturated carbocycles. The Kier molecular flexibility index (Phi) is 9.12. The zero-order valence-corrected chi connectivity index (χ0v) is 24.2. The first-order chi connectivity index (χ1) is 16.0. The summed E-state index contributed by atoms with van der Waals surface area (Å²) in [6.45, 7) is 20.6. The molecule has 0 fully saturated rings. The summed E-state index contributed by atoms with van der Waals surface area (Å²) in [7, 11) is -2.23. The second-order valence-corrected chi connectivity index (χ2v) is 16.7. The van der Waals surface area contributed by atoms with Crippen LogP contribution in [0.2, 0.25) is 18.1 Å². The molecule has 0 spiro atoms. The Hall–Kier alpha value is -2.44. The van der Waals surface area contributed by atoms with Crippen molar-refractivity contribution in [3.63, 3.8) is 0 Å². The summed E-state index contributed by atoms with van der Waals surface area (Å²) in [6, 6.07) is 17.9. The maximum absolute atomic E-state index is 14.0. The number of nitrogens with one attached hydrogen (secondary N) is 1. The van der Waals surface area contributed by atoms with E-state index in [0.29, 0.717) is 5.56 Å². The van der Waals surface area contributed by atoms with Gasteiger partial charge in [-0.1, -0.05) is 69.3 Å². The monoisotopic (exact) mass is 496 g/mol. The quantitative estimate of drug-likeness (QED) is 0.420. The van der Waals surface area contributed by atoms with E-state index in [9.17, 15) is 9.59 Å². The standard InChI is InChI=1S/C29H44N2O3Si/c1-21(23-17-13-11-14-18-23)31(27(33)24-19-15-12-16-20-24)25(26(32)30-28(3,4)5)22(2)34-35(9,10)29(6,7)8/h11-22,25H,1-10H3,(H,30,32)/t21-,22-,25+/m1/s1. The van der Waals surface area contributed by atoms with Gasteiger partial charge in [-0.15, -0.1) is 0 Å². The number of rotatable bonds is 8. The number of amides is 2. The van der Waals surface area contributed by atoms with Crippen LogP contribution in [-0.2, 0) is 9.22 Å². The Morgan fingerprint density at radius 3 is 1.80 bits per heavy atom. The van der Waals surface area contributed by atoms with Crippen LogP contribution in [0.4, 0.5) is 0 Å².